The van der Waals surface area contributed by atoms with Gasteiger partial charge in [0.25, 0.3) is 0 Å². The molecule has 0 bridgehead atoms. The molecule has 4 heteroatoms. The fourth-order valence-corrected chi connectivity index (χ4v) is 2.43. The van der Waals surface area contributed by atoms with Gasteiger partial charge in [0.05, 0.1) is 16.7 Å². The van der Waals surface area contributed by atoms with Crippen molar-refractivity contribution in [3.63, 3.8) is 0 Å². The minimum absolute atomic E-state index is 0.0754. The Hall–Kier alpha value is -0.540. The van der Waals surface area contributed by atoms with E-state index in [2.05, 4.69) is 0 Å². The molecular formula is C11H8Cl2OS. The molecule has 78 valence electrons. The number of hydrogen-bond donors (Lipinski definition) is 1. The van der Waals surface area contributed by atoms with Crippen molar-refractivity contribution in [2.75, 3.05) is 0 Å². The van der Waals surface area contributed by atoms with Crippen molar-refractivity contribution >= 4 is 34.5 Å². The maximum Gasteiger partial charge on any atom is 0.0774 e. The van der Waals surface area contributed by atoms with Crippen LogP contribution in [-0.4, -0.2) is 5.11 Å². The molecule has 0 aliphatic heterocycles. The van der Waals surface area contributed by atoms with E-state index in [4.69, 9.17) is 28.3 Å². The summed E-state index contributed by atoms with van der Waals surface area (Å²) in [5.41, 5.74) is 1.02. The van der Waals surface area contributed by atoms with E-state index in [0.717, 1.165) is 15.3 Å². The Morgan fingerprint density at radius 1 is 1.07 bits per heavy atom. The van der Waals surface area contributed by atoms with Crippen LogP contribution in [0.4, 0.5) is 0 Å². The van der Waals surface area contributed by atoms with Crippen LogP contribution in [0.15, 0.2) is 30.3 Å². The first kappa shape index (κ1) is 11.0. The molecule has 0 fully saturated rings. The molecule has 1 aromatic heterocycles. The largest absolute Gasteiger partial charge is 0.391 e. The van der Waals surface area contributed by atoms with E-state index in [1.165, 1.54) is 0 Å². The summed E-state index contributed by atoms with van der Waals surface area (Å²) in [4.78, 5) is 2.02. The fourth-order valence-electron chi connectivity index (χ4n) is 1.27. The van der Waals surface area contributed by atoms with Crippen molar-refractivity contribution in [2.24, 2.45) is 0 Å². The average molecular weight is 259 g/mol. The Bertz CT molecular complexity index is 479. The van der Waals surface area contributed by atoms with Gasteiger partial charge in [0, 0.05) is 9.75 Å². The first-order chi connectivity index (χ1) is 7.20. The van der Waals surface area contributed by atoms with Gasteiger partial charge in [0.2, 0.25) is 0 Å². The van der Waals surface area contributed by atoms with Crippen LogP contribution < -0.4 is 0 Å². The highest BCUT2D eigenvalue weighted by atomic mass is 35.5. The van der Waals surface area contributed by atoms with Gasteiger partial charge in [-0.1, -0.05) is 29.3 Å². The third-order valence-electron chi connectivity index (χ3n) is 2.02. The molecule has 2 rings (SSSR count). The summed E-state index contributed by atoms with van der Waals surface area (Å²) in [6, 6.07) is 9.40. The predicted molar refractivity (Wildman–Crippen MR) is 65.7 cm³/mol. The number of hydrogen-bond acceptors (Lipinski definition) is 2. The predicted octanol–water partition coefficient (Wildman–Crippen LogP) is 4.21. The van der Waals surface area contributed by atoms with Crippen LogP contribution in [0.1, 0.15) is 4.88 Å². The zero-order valence-corrected chi connectivity index (χ0v) is 10.0. The minimum atomic E-state index is 0.0754. The fraction of sp³-hybridized carbons (Fsp3) is 0.0909. The molecule has 1 nitrogen and oxygen atoms in total. The van der Waals surface area contributed by atoms with E-state index in [9.17, 15) is 0 Å². The Labute approximate surface area is 102 Å². The van der Waals surface area contributed by atoms with Gasteiger partial charge in [0.1, 0.15) is 0 Å². The monoisotopic (exact) mass is 258 g/mol. The zero-order chi connectivity index (χ0) is 10.8. The minimum Gasteiger partial charge on any atom is -0.391 e. The lowest BCUT2D eigenvalue weighted by Crippen LogP contribution is -1.73. The lowest BCUT2D eigenvalue weighted by Gasteiger charge is -1.99. The standard InChI is InChI=1S/C11H8Cl2OS/c12-9-3-1-7(5-10(9)13)11-4-2-8(6-14)15-11/h1-5,14H,6H2. The first-order valence-corrected chi connectivity index (χ1v) is 5.93. The highest BCUT2D eigenvalue weighted by Crippen LogP contribution is 2.32. The van der Waals surface area contributed by atoms with E-state index < -0.39 is 0 Å². The number of aliphatic hydroxyl groups excluding tert-OH is 1. The van der Waals surface area contributed by atoms with Gasteiger partial charge in [-0.25, -0.2) is 0 Å². The highest BCUT2D eigenvalue weighted by molar-refractivity contribution is 7.15. The summed E-state index contributed by atoms with van der Waals surface area (Å²) in [6.45, 7) is 0.0754. The SMILES string of the molecule is OCc1ccc(-c2ccc(Cl)c(Cl)c2)s1. The third-order valence-corrected chi connectivity index (χ3v) is 3.88. The van der Waals surface area contributed by atoms with Crippen molar-refractivity contribution in [1.82, 2.24) is 0 Å². The van der Waals surface area contributed by atoms with Crippen LogP contribution >= 0.6 is 34.5 Å². The zero-order valence-electron chi connectivity index (χ0n) is 7.71. The van der Waals surface area contributed by atoms with Crippen LogP contribution in [0.5, 0.6) is 0 Å². The quantitative estimate of drug-likeness (QED) is 0.856. The van der Waals surface area contributed by atoms with Gasteiger partial charge in [0.15, 0.2) is 0 Å². The van der Waals surface area contributed by atoms with Crippen molar-refractivity contribution < 1.29 is 5.11 Å². The third kappa shape index (κ3) is 2.34. The summed E-state index contributed by atoms with van der Waals surface area (Å²) in [5.74, 6) is 0. The number of aliphatic hydroxyl groups is 1. The summed E-state index contributed by atoms with van der Waals surface area (Å²) >= 11 is 13.3. The van der Waals surface area contributed by atoms with Crippen molar-refractivity contribution in [2.45, 2.75) is 6.61 Å². The molecule has 0 spiro atoms. The average Bonchev–Trinajstić information content (AvgIpc) is 2.70. The summed E-state index contributed by atoms with van der Waals surface area (Å²) < 4.78 is 0. The number of rotatable bonds is 2. The van der Waals surface area contributed by atoms with Crippen LogP contribution in [0, 0.1) is 0 Å². The second-order valence-corrected chi connectivity index (χ2v) is 5.04. The molecule has 0 radical (unpaired) electrons. The van der Waals surface area contributed by atoms with E-state index in [1.807, 2.05) is 24.3 Å². The molecule has 0 aliphatic rings. The van der Waals surface area contributed by atoms with Gasteiger partial charge in [-0.3, -0.25) is 0 Å². The summed E-state index contributed by atoms with van der Waals surface area (Å²) in [5, 5.41) is 10.1. The number of halogens is 2. The molecule has 0 amide bonds. The molecule has 0 unspecified atom stereocenters. The lowest BCUT2D eigenvalue weighted by atomic mass is 10.2. The Morgan fingerprint density at radius 2 is 1.87 bits per heavy atom. The van der Waals surface area contributed by atoms with Crippen molar-refractivity contribution in [1.29, 1.82) is 0 Å². The van der Waals surface area contributed by atoms with Crippen LogP contribution in [0.25, 0.3) is 10.4 Å². The molecular weight excluding hydrogens is 251 g/mol. The van der Waals surface area contributed by atoms with Crippen LogP contribution in [-0.2, 0) is 6.61 Å². The van der Waals surface area contributed by atoms with Crippen LogP contribution in [0.3, 0.4) is 0 Å². The van der Waals surface area contributed by atoms with Crippen molar-refractivity contribution in [3.8, 4) is 10.4 Å². The lowest BCUT2D eigenvalue weighted by molar-refractivity contribution is 0.285. The van der Waals surface area contributed by atoms with E-state index in [-0.39, 0.29) is 6.61 Å². The van der Waals surface area contributed by atoms with Gasteiger partial charge < -0.3 is 5.11 Å². The molecule has 0 saturated carbocycles. The first-order valence-electron chi connectivity index (χ1n) is 4.35. The second kappa shape index (κ2) is 4.54. The van der Waals surface area contributed by atoms with E-state index in [0.29, 0.717) is 10.0 Å². The Balaban J connectivity index is 2.40. The number of benzene rings is 1. The Kier molecular flexibility index (Phi) is 3.32. The van der Waals surface area contributed by atoms with E-state index in [1.54, 1.807) is 17.4 Å². The number of thiophene rings is 1. The van der Waals surface area contributed by atoms with Gasteiger partial charge in [-0.2, -0.15) is 0 Å². The van der Waals surface area contributed by atoms with Gasteiger partial charge >= 0.3 is 0 Å². The molecule has 0 atom stereocenters. The smallest absolute Gasteiger partial charge is 0.0774 e. The summed E-state index contributed by atoms with van der Waals surface area (Å²) in [6.07, 6.45) is 0. The molecule has 1 heterocycles. The molecule has 0 aliphatic carbocycles. The summed E-state index contributed by atoms with van der Waals surface area (Å²) in [7, 11) is 0. The van der Waals surface area contributed by atoms with Crippen molar-refractivity contribution in [3.05, 3.63) is 45.3 Å². The molecule has 15 heavy (non-hydrogen) atoms. The van der Waals surface area contributed by atoms with E-state index >= 15 is 0 Å². The normalized spacial score (nSPS) is 10.6. The van der Waals surface area contributed by atoms with Gasteiger partial charge in [-0.05, 0) is 29.8 Å². The van der Waals surface area contributed by atoms with Gasteiger partial charge in [-0.15, -0.1) is 11.3 Å². The molecule has 1 aromatic carbocycles. The molecule has 1 N–H and O–H groups in total. The highest BCUT2D eigenvalue weighted by Gasteiger charge is 2.04. The maximum atomic E-state index is 8.96. The Morgan fingerprint density at radius 3 is 2.47 bits per heavy atom. The second-order valence-electron chi connectivity index (χ2n) is 3.05. The van der Waals surface area contributed by atoms with Crippen LogP contribution in [0.2, 0.25) is 10.0 Å². The molecule has 0 saturated heterocycles. The topological polar surface area (TPSA) is 20.2 Å². The molecule has 2 aromatic rings. The maximum absolute atomic E-state index is 8.96.